The maximum atomic E-state index is 11.9. The highest BCUT2D eigenvalue weighted by atomic mass is 32.1. The SMILES string of the molecule is CC(C)c1ccc(NC(=O)COC(=O)CCc2nc(-c3cccs3)no2)cc1. The van der Waals surface area contributed by atoms with Gasteiger partial charge in [-0.15, -0.1) is 11.3 Å². The number of hydrogen-bond acceptors (Lipinski definition) is 7. The highest BCUT2D eigenvalue weighted by Crippen LogP contribution is 2.21. The molecule has 146 valence electrons. The van der Waals surface area contributed by atoms with E-state index in [0.717, 1.165) is 4.88 Å². The van der Waals surface area contributed by atoms with Crippen LogP contribution in [0.1, 0.15) is 37.6 Å². The van der Waals surface area contributed by atoms with Gasteiger partial charge in [0.1, 0.15) is 0 Å². The van der Waals surface area contributed by atoms with Gasteiger partial charge in [-0.2, -0.15) is 4.98 Å². The van der Waals surface area contributed by atoms with Crippen LogP contribution in [0.5, 0.6) is 0 Å². The molecule has 0 radical (unpaired) electrons. The smallest absolute Gasteiger partial charge is 0.306 e. The number of aromatic nitrogens is 2. The van der Waals surface area contributed by atoms with Crippen molar-refractivity contribution >= 4 is 28.9 Å². The van der Waals surface area contributed by atoms with Gasteiger partial charge in [-0.25, -0.2) is 0 Å². The fraction of sp³-hybridized carbons (Fsp3) is 0.300. The Balaban J connectivity index is 1.39. The van der Waals surface area contributed by atoms with Crippen LogP contribution in [0.25, 0.3) is 10.7 Å². The maximum absolute atomic E-state index is 11.9. The third-order valence-corrected chi connectivity index (χ3v) is 4.84. The zero-order chi connectivity index (χ0) is 19.9. The molecule has 8 heteroatoms. The second-order valence-corrected chi connectivity index (χ2v) is 7.42. The van der Waals surface area contributed by atoms with Crippen molar-refractivity contribution in [3.05, 3.63) is 53.2 Å². The van der Waals surface area contributed by atoms with Crippen LogP contribution in [0.4, 0.5) is 5.69 Å². The lowest BCUT2D eigenvalue weighted by Gasteiger charge is -2.08. The van der Waals surface area contributed by atoms with Gasteiger partial charge < -0.3 is 14.6 Å². The van der Waals surface area contributed by atoms with Crippen molar-refractivity contribution in [2.24, 2.45) is 0 Å². The summed E-state index contributed by atoms with van der Waals surface area (Å²) in [6, 6.07) is 11.4. The molecule has 1 amide bonds. The highest BCUT2D eigenvalue weighted by Gasteiger charge is 2.13. The van der Waals surface area contributed by atoms with Gasteiger partial charge in [-0.3, -0.25) is 9.59 Å². The molecular formula is C20H21N3O4S. The van der Waals surface area contributed by atoms with Crippen LogP contribution in [-0.4, -0.2) is 28.6 Å². The molecule has 0 spiro atoms. The molecule has 0 unspecified atom stereocenters. The van der Waals surface area contributed by atoms with Crippen LogP contribution < -0.4 is 5.32 Å². The van der Waals surface area contributed by atoms with Gasteiger partial charge in [-0.1, -0.05) is 37.2 Å². The van der Waals surface area contributed by atoms with Gasteiger partial charge in [0.25, 0.3) is 5.91 Å². The number of rotatable bonds is 8. The number of carbonyl (C=O) groups excluding carboxylic acids is 2. The number of esters is 1. The minimum atomic E-state index is -0.499. The van der Waals surface area contributed by atoms with Crippen molar-refractivity contribution in [2.75, 3.05) is 11.9 Å². The molecule has 1 aromatic carbocycles. The molecule has 0 aliphatic carbocycles. The largest absolute Gasteiger partial charge is 0.456 e. The van der Waals surface area contributed by atoms with Crippen molar-refractivity contribution < 1.29 is 18.8 Å². The Morgan fingerprint density at radius 1 is 1.21 bits per heavy atom. The molecule has 0 aliphatic heterocycles. The van der Waals surface area contributed by atoms with Gasteiger partial charge in [-0.05, 0) is 35.1 Å². The Kier molecular flexibility index (Phi) is 6.54. The van der Waals surface area contributed by atoms with E-state index in [1.165, 1.54) is 16.9 Å². The van der Waals surface area contributed by atoms with Gasteiger partial charge >= 0.3 is 5.97 Å². The average Bonchev–Trinajstić information content (AvgIpc) is 3.36. The quantitative estimate of drug-likeness (QED) is 0.575. The van der Waals surface area contributed by atoms with Crippen molar-refractivity contribution in [2.45, 2.75) is 32.6 Å². The van der Waals surface area contributed by atoms with Gasteiger partial charge in [0.05, 0.1) is 11.3 Å². The first-order valence-corrected chi connectivity index (χ1v) is 9.81. The fourth-order valence-electron chi connectivity index (χ4n) is 2.44. The lowest BCUT2D eigenvalue weighted by molar-refractivity contribution is -0.147. The van der Waals surface area contributed by atoms with E-state index >= 15 is 0 Å². The summed E-state index contributed by atoms with van der Waals surface area (Å²) in [6.07, 6.45) is 0.317. The monoisotopic (exact) mass is 399 g/mol. The number of hydrogen-bond donors (Lipinski definition) is 1. The second kappa shape index (κ2) is 9.27. The predicted molar refractivity (Wildman–Crippen MR) is 106 cm³/mol. The average molecular weight is 399 g/mol. The van der Waals surface area contributed by atoms with Crippen LogP contribution in [0, 0.1) is 0 Å². The second-order valence-electron chi connectivity index (χ2n) is 6.47. The molecular weight excluding hydrogens is 378 g/mol. The normalized spacial score (nSPS) is 10.8. The number of anilines is 1. The van der Waals surface area contributed by atoms with Crippen molar-refractivity contribution in [1.29, 1.82) is 0 Å². The Bertz CT molecular complexity index is 917. The zero-order valence-corrected chi connectivity index (χ0v) is 16.5. The molecule has 2 heterocycles. The minimum Gasteiger partial charge on any atom is -0.456 e. The molecule has 3 aromatic rings. The highest BCUT2D eigenvalue weighted by molar-refractivity contribution is 7.13. The van der Waals surface area contributed by atoms with Crippen molar-refractivity contribution in [3.8, 4) is 10.7 Å². The third kappa shape index (κ3) is 5.50. The summed E-state index contributed by atoms with van der Waals surface area (Å²) in [5.41, 5.74) is 1.85. The Labute approximate surface area is 166 Å². The van der Waals surface area contributed by atoms with Crippen LogP contribution in [-0.2, 0) is 20.7 Å². The summed E-state index contributed by atoms with van der Waals surface area (Å²) in [7, 11) is 0. The predicted octanol–water partition coefficient (Wildman–Crippen LogP) is 4.04. The van der Waals surface area contributed by atoms with E-state index in [1.807, 2.05) is 41.8 Å². The Morgan fingerprint density at radius 3 is 2.68 bits per heavy atom. The van der Waals surface area contributed by atoms with Gasteiger partial charge in [0.2, 0.25) is 11.7 Å². The lowest BCUT2D eigenvalue weighted by Crippen LogP contribution is -2.21. The standard InChI is InChI=1S/C20H21N3O4S/c1-13(2)14-5-7-15(8-6-14)21-17(24)12-26-19(25)10-9-18-22-20(23-27-18)16-4-3-11-28-16/h3-8,11,13H,9-10,12H2,1-2H3,(H,21,24). The van der Waals surface area contributed by atoms with Crippen molar-refractivity contribution in [1.82, 2.24) is 10.1 Å². The Hall–Kier alpha value is -3.00. The first-order chi connectivity index (χ1) is 13.5. The first kappa shape index (κ1) is 19.8. The van der Waals surface area contributed by atoms with E-state index in [0.29, 0.717) is 23.3 Å². The first-order valence-electron chi connectivity index (χ1n) is 8.93. The zero-order valence-electron chi connectivity index (χ0n) is 15.7. The van der Waals surface area contributed by atoms with Crippen molar-refractivity contribution in [3.63, 3.8) is 0 Å². The van der Waals surface area contributed by atoms with Crippen LogP contribution >= 0.6 is 11.3 Å². The molecule has 3 rings (SSSR count). The number of benzene rings is 1. The van der Waals surface area contributed by atoms with E-state index in [4.69, 9.17) is 9.26 Å². The molecule has 0 fully saturated rings. The van der Waals surface area contributed by atoms with E-state index < -0.39 is 5.97 Å². The van der Waals surface area contributed by atoms with E-state index in [9.17, 15) is 9.59 Å². The molecule has 0 atom stereocenters. The summed E-state index contributed by atoms with van der Waals surface area (Å²) in [5, 5.41) is 8.51. The van der Waals surface area contributed by atoms with Crippen LogP contribution in [0.2, 0.25) is 0 Å². The Morgan fingerprint density at radius 2 is 2.00 bits per heavy atom. The van der Waals surface area contributed by atoms with E-state index in [-0.39, 0.29) is 25.4 Å². The van der Waals surface area contributed by atoms with Crippen LogP contribution in [0.15, 0.2) is 46.3 Å². The number of aryl methyl sites for hydroxylation is 1. The summed E-state index contributed by atoms with van der Waals surface area (Å²) in [5.74, 6) is 0.395. The summed E-state index contributed by atoms with van der Waals surface area (Å²) < 4.78 is 10.1. The molecule has 28 heavy (non-hydrogen) atoms. The molecule has 7 nitrogen and oxygen atoms in total. The maximum Gasteiger partial charge on any atom is 0.306 e. The summed E-state index contributed by atoms with van der Waals surface area (Å²) in [6.45, 7) is 3.86. The molecule has 0 aliphatic rings. The molecule has 0 saturated heterocycles. The topological polar surface area (TPSA) is 94.3 Å². The summed E-state index contributed by atoms with van der Waals surface area (Å²) >= 11 is 1.51. The number of ether oxygens (including phenoxy) is 1. The van der Waals surface area contributed by atoms with E-state index in [1.54, 1.807) is 0 Å². The lowest BCUT2D eigenvalue weighted by atomic mass is 10.0. The number of thiophene rings is 1. The number of carbonyl (C=O) groups is 2. The van der Waals surface area contributed by atoms with E-state index in [2.05, 4.69) is 29.3 Å². The number of nitrogens with one attached hydrogen (secondary N) is 1. The molecule has 0 bridgehead atoms. The molecule has 2 aromatic heterocycles. The van der Waals surface area contributed by atoms with Gasteiger partial charge in [0.15, 0.2) is 6.61 Å². The molecule has 1 N–H and O–H groups in total. The third-order valence-electron chi connectivity index (χ3n) is 3.98. The fourth-order valence-corrected chi connectivity index (χ4v) is 3.09. The summed E-state index contributed by atoms with van der Waals surface area (Å²) in [4.78, 5) is 28.9. The number of amides is 1. The minimum absolute atomic E-state index is 0.0580. The van der Waals surface area contributed by atoms with Crippen LogP contribution in [0.3, 0.4) is 0 Å². The molecule has 0 saturated carbocycles. The number of nitrogens with zero attached hydrogens (tertiary/aromatic N) is 2. The van der Waals surface area contributed by atoms with Gasteiger partial charge in [0, 0.05) is 12.1 Å².